The van der Waals surface area contributed by atoms with E-state index in [1.54, 1.807) is 0 Å². The number of sulfonamides is 1. The molecule has 0 bridgehead atoms. The summed E-state index contributed by atoms with van der Waals surface area (Å²) in [6, 6.07) is 1.67. The molecule has 2 atom stereocenters. The van der Waals surface area contributed by atoms with Gasteiger partial charge in [-0.15, -0.1) is 0 Å². The average molecular weight is 318 g/mol. The van der Waals surface area contributed by atoms with Crippen molar-refractivity contribution in [2.45, 2.75) is 50.1 Å². The van der Waals surface area contributed by atoms with Crippen LogP contribution in [0.5, 0.6) is 0 Å². The molecule has 118 valence electrons. The number of nitrogens with one attached hydrogen (secondary N) is 1. The van der Waals surface area contributed by atoms with Gasteiger partial charge in [-0.1, -0.05) is 19.8 Å². The molecule has 0 aliphatic heterocycles. The van der Waals surface area contributed by atoms with Gasteiger partial charge in [-0.2, -0.15) is 0 Å². The summed E-state index contributed by atoms with van der Waals surface area (Å²) in [5.74, 6) is -1.50. The third-order valence-corrected chi connectivity index (χ3v) is 5.44. The van der Waals surface area contributed by atoms with Gasteiger partial charge in [0.25, 0.3) is 0 Å². The van der Waals surface area contributed by atoms with Crippen LogP contribution < -0.4 is 10.5 Å². The van der Waals surface area contributed by atoms with Gasteiger partial charge >= 0.3 is 0 Å². The average Bonchev–Trinajstić information content (AvgIpc) is 2.38. The van der Waals surface area contributed by atoms with E-state index in [2.05, 4.69) is 11.6 Å². The molecule has 0 heterocycles. The van der Waals surface area contributed by atoms with Crippen molar-refractivity contribution < 1.29 is 17.2 Å². The second-order valence-electron chi connectivity index (χ2n) is 5.63. The van der Waals surface area contributed by atoms with Crippen molar-refractivity contribution in [3.63, 3.8) is 0 Å². The fourth-order valence-electron chi connectivity index (χ4n) is 2.79. The largest absolute Gasteiger partial charge is 0.326 e. The van der Waals surface area contributed by atoms with Gasteiger partial charge in [-0.25, -0.2) is 21.9 Å². The highest BCUT2D eigenvalue weighted by molar-refractivity contribution is 7.89. The maximum Gasteiger partial charge on any atom is 0.243 e. The van der Waals surface area contributed by atoms with E-state index in [0.29, 0.717) is 5.92 Å². The summed E-state index contributed by atoms with van der Waals surface area (Å²) in [7, 11) is -4.01. The Balaban J connectivity index is 2.27. The number of nitrogens with two attached hydrogens (primary N) is 1. The second-order valence-corrected chi connectivity index (χ2v) is 7.31. The number of benzene rings is 1. The summed E-state index contributed by atoms with van der Waals surface area (Å²) >= 11 is 0. The van der Waals surface area contributed by atoms with E-state index in [9.17, 15) is 17.2 Å². The first-order valence-electron chi connectivity index (χ1n) is 7.04. The van der Waals surface area contributed by atoms with E-state index < -0.39 is 32.1 Å². The van der Waals surface area contributed by atoms with Crippen molar-refractivity contribution in [2.75, 3.05) is 0 Å². The minimum atomic E-state index is -4.01. The molecule has 1 aliphatic rings. The van der Waals surface area contributed by atoms with Gasteiger partial charge in [-0.05, 0) is 30.9 Å². The van der Waals surface area contributed by atoms with Crippen LogP contribution in [-0.2, 0) is 16.6 Å². The van der Waals surface area contributed by atoms with Crippen molar-refractivity contribution in [3.8, 4) is 0 Å². The van der Waals surface area contributed by atoms with E-state index >= 15 is 0 Å². The van der Waals surface area contributed by atoms with Crippen LogP contribution in [0, 0.1) is 17.6 Å². The van der Waals surface area contributed by atoms with Crippen molar-refractivity contribution in [1.29, 1.82) is 0 Å². The number of halogens is 2. The molecule has 0 saturated heterocycles. The normalized spacial score (nSPS) is 23.2. The second kappa shape index (κ2) is 6.37. The first kappa shape index (κ1) is 16.3. The number of rotatable bonds is 4. The van der Waals surface area contributed by atoms with E-state index in [1.165, 1.54) is 0 Å². The van der Waals surface area contributed by atoms with Crippen LogP contribution in [0.15, 0.2) is 17.0 Å². The van der Waals surface area contributed by atoms with E-state index in [1.807, 2.05) is 0 Å². The Labute approximate surface area is 123 Å². The van der Waals surface area contributed by atoms with E-state index in [4.69, 9.17) is 5.73 Å². The predicted molar refractivity (Wildman–Crippen MR) is 76.0 cm³/mol. The Kier molecular flexibility index (Phi) is 4.95. The van der Waals surface area contributed by atoms with Gasteiger partial charge < -0.3 is 5.73 Å². The molecule has 1 aromatic rings. The molecule has 0 aromatic heterocycles. The Bertz CT molecular complexity index is 620. The molecule has 0 radical (unpaired) electrons. The van der Waals surface area contributed by atoms with Gasteiger partial charge in [0, 0.05) is 18.2 Å². The van der Waals surface area contributed by atoms with Crippen molar-refractivity contribution >= 4 is 10.0 Å². The van der Waals surface area contributed by atoms with Crippen LogP contribution >= 0.6 is 0 Å². The summed E-state index contributed by atoms with van der Waals surface area (Å²) in [6.07, 6.45) is 3.47. The Morgan fingerprint density at radius 2 is 2.05 bits per heavy atom. The minimum absolute atomic E-state index is 0.204. The van der Waals surface area contributed by atoms with Gasteiger partial charge in [0.15, 0.2) is 5.82 Å². The topological polar surface area (TPSA) is 72.2 Å². The molecule has 21 heavy (non-hydrogen) atoms. The SMILES string of the molecule is CC1CCCC(NS(=O)(=O)c2ccc(F)c(CN)c2F)C1. The lowest BCUT2D eigenvalue weighted by molar-refractivity contribution is 0.327. The molecule has 2 rings (SSSR count). The lowest BCUT2D eigenvalue weighted by Crippen LogP contribution is -2.38. The zero-order valence-corrected chi connectivity index (χ0v) is 12.7. The summed E-state index contributed by atoms with van der Waals surface area (Å²) < 4.78 is 54.6. The Morgan fingerprint density at radius 3 is 2.67 bits per heavy atom. The third kappa shape index (κ3) is 3.59. The van der Waals surface area contributed by atoms with Crippen molar-refractivity contribution in [3.05, 3.63) is 29.3 Å². The van der Waals surface area contributed by atoms with Crippen LogP contribution in [0.2, 0.25) is 0 Å². The molecular formula is C14H20F2N2O2S. The monoisotopic (exact) mass is 318 g/mol. The first-order valence-corrected chi connectivity index (χ1v) is 8.52. The maximum atomic E-state index is 14.1. The molecule has 0 amide bonds. The molecule has 2 unspecified atom stereocenters. The lowest BCUT2D eigenvalue weighted by Gasteiger charge is -2.27. The zero-order chi connectivity index (χ0) is 15.6. The molecule has 1 fully saturated rings. The molecule has 1 saturated carbocycles. The Hall–Kier alpha value is -1.05. The fourth-order valence-corrected chi connectivity index (χ4v) is 4.18. The van der Waals surface area contributed by atoms with Crippen LogP contribution in [-0.4, -0.2) is 14.5 Å². The molecule has 4 nitrogen and oxygen atoms in total. The van der Waals surface area contributed by atoms with E-state index in [-0.39, 0.29) is 12.6 Å². The summed E-state index contributed by atoms with van der Waals surface area (Å²) in [5.41, 5.74) is 4.86. The van der Waals surface area contributed by atoms with Crippen LogP contribution in [0.3, 0.4) is 0 Å². The van der Waals surface area contributed by atoms with Gasteiger partial charge in [0.05, 0.1) is 0 Å². The smallest absolute Gasteiger partial charge is 0.243 e. The minimum Gasteiger partial charge on any atom is -0.326 e. The van der Waals surface area contributed by atoms with Crippen molar-refractivity contribution in [1.82, 2.24) is 4.72 Å². The highest BCUT2D eigenvalue weighted by Crippen LogP contribution is 2.26. The van der Waals surface area contributed by atoms with Crippen LogP contribution in [0.25, 0.3) is 0 Å². The highest BCUT2D eigenvalue weighted by atomic mass is 32.2. The molecule has 7 heteroatoms. The summed E-state index contributed by atoms with van der Waals surface area (Å²) in [6.45, 7) is 1.67. The Morgan fingerprint density at radius 1 is 1.33 bits per heavy atom. The molecule has 3 N–H and O–H groups in total. The van der Waals surface area contributed by atoms with Crippen LogP contribution in [0.4, 0.5) is 8.78 Å². The molecule has 0 spiro atoms. The van der Waals surface area contributed by atoms with Gasteiger partial charge in [-0.3, -0.25) is 0 Å². The summed E-state index contributed by atoms with van der Waals surface area (Å²) in [4.78, 5) is -0.539. The van der Waals surface area contributed by atoms with Gasteiger partial charge in [0.2, 0.25) is 10.0 Å². The van der Waals surface area contributed by atoms with Gasteiger partial charge in [0.1, 0.15) is 10.7 Å². The highest BCUT2D eigenvalue weighted by Gasteiger charge is 2.28. The maximum absolute atomic E-state index is 14.1. The molecular weight excluding hydrogens is 298 g/mol. The quantitative estimate of drug-likeness (QED) is 0.894. The zero-order valence-electron chi connectivity index (χ0n) is 11.9. The third-order valence-electron chi connectivity index (χ3n) is 3.90. The molecule has 1 aliphatic carbocycles. The van der Waals surface area contributed by atoms with Crippen molar-refractivity contribution in [2.24, 2.45) is 11.7 Å². The molecule has 1 aromatic carbocycles. The number of hydrogen-bond acceptors (Lipinski definition) is 3. The predicted octanol–water partition coefficient (Wildman–Crippen LogP) is 2.28. The summed E-state index contributed by atoms with van der Waals surface area (Å²) in [5, 5.41) is 0. The lowest BCUT2D eigenvalue weighted by atomic mass is 9.88. The van der Waals surface area contributed by atoms with E-state index in [0.717, 1.165) is 37.8 Å². The fraction of sp³-hybridized carbons (Fsp3) is 0.571. The first-order chi connectivity index (χ1) is 9.85. The standard InChI is InChI=1S/C14H20F2N2O2S/c1-9-3-2-4-10(7-9)18-21(19,20)13-6-5-12(15)11(8-17)14(13)16/h5-6,9-10,18H,2-4,7-8,17H2,1H3. The number of hydrogen-bond donors (Lipinski definition) is 2. The van der Waals surface area contributed by atoms with Crippen LogP contribution in [0.1, 0.15) is 38.2 Å².